The molecule has 0 amide bonds. The summed E-state index contributed by atoms with van der Waals surface area (Å²) in [6.07, 6.45) is 5.04. The summed E-state index contributed by atoms with van der Waals surface area (Å²) in [5.41, 5.74) is 0. The molecule has 2 saturated heterocycles. The molecule has 0 radical (unpaired) electrons. The fourth-order valence-electron chi connectivity index (χ4n) is 2.45. The highest BCUT2D eigenvalue weighted by Crippen LogP contribution is 2.19. The number of halogens is 1. The Hall–Kier alpha value is 0.130. The molecule has 2 atom stereocenters. The maximum Gasteiger partial charge on any atom is 0.109 e. The summed E-state index contributed by atoms with van der Waals surface area (Å²) in [4.78, 5) is 5.09. The van der Waals surface area contributed by atoms with Gasteiger partial charge in [-0.25, -0.2) is 5.90 Å². The first-order valence-electron chi connectivity index (χ1n) is 5.24. The summed E-state index contributed by atoms with van der Waals surface area (Å²) < 4.78 is 0. The Kier molecular flexibility index (Phi) is 5.12. The van der Waals surface area contributed by atoms with Gasteiger partial charge < -0.3 is 10.6 Å². The largest absolute Gasteiger partial charge is 0.311 e. The molecular weight excluding hydrogens is 202 g/mol. The average Bonchev–Trinajstić information content (AvgIpc) is 2.76. The number of nitrogens with one attached hydrogen (secondary N) is 2. The van der Waals surface area contributed by atoms with Gasteiger partial charge in [-0.1, -0.05) is 0 Å². The lowest BCUT2D eigenvalue weighted by atomic mass is 10.0. The van der Waals surface area contributed by atoms with E-state index >= 15 is 0 Å². The molecule has 2 heterocycles. The summed E-state index contributed by atoms with van der Waals surface area (Å²) in [6.45, 7) is 2.22. The molecule has 0 unspecified atom stereocenters. The second kappa shape index (κ2) is 5.88. The molecule has 0 bridgehead atoms. The number of hydrogen-bond donors (Lipinski definition) is 3. The van der Waals surface area contributed by atoms with Crippen molar-refractivity contribution < 1.29 is 4.84 Å². The first kappa shape index (κ1) is 12.2. The van der Waals surface area contributed by atoms with Crippen LogP contribution < -0.4 is 16.5 Å². The molecule has 0 aromatic rings. The van der Waals surface area contributed by atoms with E-state index in [4.69, 9.17) is 10.7 Å². The van der Waals surface area contributed by atoms with E-state index in [9.17, 15) is 0 Å². The van der Waals surface area contributed by atoms with E-state index in [0.29, 0.717) is 12.1 Å². The van der Waals surface area contributed by atoms with Gasteiger partial charge in [-0.05, 0) is 38.8 Å². The normalized spacial score (nSPS) is 32.1. The molecule has 2 fully saturated rings. The quantitative estimate of drug-likeness (QED) is 0.595. The highest BCUT2D eigenvalue weighted by atomic mass is 35.5. The Labute approximate surface area is 91.3 Å². The van der Waals surface area contributed by atoms with Crippen molar-refractivity contribution in [3.63, 3.8) is 0 Å². The Morgan fingerprint density at radius 3 is 1.86 bits per heavy atom. The number of rotatable bonds is 3. The third-order valence-electron chi connectivity index (χ3n) is 3.15. The molecule has 2 aliphatic rings. The smallest absolute Gasteiger partial charge is 0.109 e. The fraction of sp³-hybridized carbons (Fsp3) is 1.00. The van der Waals surface area contributed by atoms with Crippen LogP contribution in [-0.2, 0) is 4.84 Å². The van der Waals surface area contributed by atoms with Gasteiger partial charge in [0.2, 0.25) is 0 Å². The van der Waals surface area contributed by atoms with Gasteiger partial charge in [0.15, 0.2) is 0 Å². The van der Waals surface area contributed by atoms with Gasteiger partial charge >= 0.3 is 0 Å². The van der Waals surface area contributed by atoms with Crippen molar-refractivity contribution in [2.24, 2.45) is 5.90 Å². The van der Waals surface area contributed by atoms with Crippen LogP contribution >= 0.6 is 12.4 Å². The molecule has 0 aromatic carbocycles. The van der Waals surface area contributed by atoms with Gasteiger partial charge in [0.05, 0.1) is 0 Å². The van der Waals surface area contributed by atoms with E-state index in [1.165, 1.54) is 25.7 Å². The summed E-state index contributed by atoms with van der Waals surface area (Å²) in [5, 5.41) is 6.88. The molecule has 0 spiro atoms. The Balaban J connectivity index is 0.000000980. The molecule has 84 valence electrons. The minimum absolute atomic E-state index is 0. The van der Waals surface area contributed by atoms with Crippen molar-refractivity contribution in [3.05, 3.63) is 0 Å². The van der Waals surface area contributed by atoms with Crippen LogP contribution in [0.25, 0.3) is 0 Å². The predicted octanol–water partition coefficient (Wildman–Crippen LogP) is 0.171. The molecular formula is C9H20ClN3O. The van der Waals surface area contributed by atoms with Crippen molar-refractivity contribution in [1.82, 2.24) is 10.6 Å². The van der Waals surface area contributed by atoms with E-state index in [0.717, 1.165) is 13.1 Å². The summed E-state index contributed by atoms with van der Waals surface area (Å²) in [7, 11) is 0. The maximum absolute atomic E-state index is 5.35. The molecule has 2 rings (SSSR count). The molecule has 5 heteroatoms. The van der Waals surface area contributed by atoms with Crippen molar-refractivity contribution in [2.45, 2.75) is 43.9 Å². The molecule has 0 saturated carbocycles. The van der Waals surface area contributed by atoms with Crippen LogP contribution in [0.2, 0.25) is 0 Å². The van der Waals surface area contributed by atoms with Crippen molar-refractivity contribution in [3.8, 4) is 0 Å². The van der Waals surface area contributed by atoms with E-state index < -0.39 is 0 Å². The van der Waals surface area contributed by atoms with Crippen LogP contribution in [0.4, 0.5) is 0 Å². The Bertz CT molecular complexity index is 142. The van der Waals surface area contributed by atoms with Gasteiger partial charge in [-0.2, -0.15) is 0 Å². The first-order chi connectivity index (χ1) is 6.42. The fourth-order valence-corrected chi connectivity index (χ4v) is 2.45. The molecule has 4 nitrogen and oxygen atoms in total. The van der Waals surface area contributed by atoms with Gasteiger partial charge in [0.1, 0.15) is 6.10 Å². The number of hydrogen-bond acceptors (Lipinski definition) is 4. The second-order valence-corrected chi connectivity index (χ2v) is 4.01. The third kappa shape index (κ3) is 2.58. The minimum atomic E-state index is 0. The first-order valence-corrected chi connectivity index (χ1v) is 5.24. The second-order valence-electron chi connectivity index (χ2n) is 4.01. The lowest BCUT2D eigenvalue weighted by Gasteiger charge is -2.27. The van der Waals surface area contributed by atoms with Crippen LogP contribution in [0.15, 0.2) is 0 Å². The topological polar surface area (TPSA) is 59.3 Å². The molecule has 0 aromatic heterocycles. The van der Waals surface area contributed by atoms with E-state index in [1.54, 1.807) is 0 Å². The van der Waals surface area contributed by atoms with Crippen molar-refractivity contribution in [1.29, 1.82) is 0 Å². The summed E-state index contributed by atoms with van der Waals surface area (Å²) in [6, 6.07) is 0.918. The van der Waals surface area contributed by atoms with Crippen molar-refractivity contribution in [2.75, 3.05) is 13.1 Å². The van der Waals surface area contributed by atoms with Crippen LogP contribution in [0.1, 0.15) is 25.7 Å². The van der Waals surface area contributed by atoms with Crippen molar-refractivity contribution >= 4 is 12.4 Å². The van der Waals surface area contributed by atoms with E-state index in [2.05, 4.69) is 10.6 Å². The molecule has 14 heavy (non-hydrogen) atoms. The van der Waals surface area contributed by atoms with Crippen LogP contribution in [0, 0.1) is 0 Å². The van der Waals surface area contributed by atoms with E-state index in [-0.39, 0.29) is 18.5 Å². The Morgan fingerprint density at radius 2 is 1.57 bits per heavy atom. The zero-order valence-corrected chi connectivity index (χ0v) is 9.19. The summed E-state index contributed by atoms with van der Waals surface area (Å²) >= 11 is 0. The summed E-state index contributed by atoms with van der Waals surface area (Å²) in [5.74, 6) is 5.35. The van der Waals surface area contributed by atoms with Crippen LogP contribution in [0.5, 0.6) is 0 Å². The highest BCUT2D eigenvalue weighted by Gasteiger charge is 2.33. The maximum atomic E-state index is 5.35. The lowest BCUT2D eigenvalue weighted by molar-refractivity contribution is 0.00817. The van der Waals surface area contributed by atoms with Crippen LogP contribution in [0.3, 0.4) is 0 Å². The molecule has 2 aliphatic heterocycles. The van der Waals surface area contributed by atoms with Gasteiger partial charge in [0, 0.05) is 12.1 Å². The standard InChI is InChI=1S/C9H19N3O.ClH/c10-13-9(7-3-1-5-11-7)8-4-2-6-12-8;/h7-9,11-12H,1-6,10H2;1H/t7-,8-;/m0./s1. The van der Waals surface area contributed by atoms with Gasteiger partial charge in [-0.15, -0.1) is 12.4 Å². The zero-order chi connectivity index (χ0) is 9.10. The molecule has 0 aliphatic carbocycles. The van der Waals surface area contributed by atoms with Crippen LogP contribution in [-0.4, -0.2) is 31.3 Å². The lowest BCUT2D eigenvalue weighted by Crippen LogP contribution is -2.49. The highest BCUT2D eigenvalue weighted by molar-refractivity contribution is 5.85. The van der Waals surface area contributed by atoms with Gasteiger partial charge in [0.25, 0.3) is 0 Å². The SMILES string of the molecule is Cl.NOC([C@@H]1CCCN1)[C@@H]1CCCN1. The average molecular weight is 222 g/mol. The zero-order valence-electron chi connectivity index (χ0n) is 8.37. The van der Waals surface area contributed by atoms with E-state index in [1.807, 2.05) is 0 Å². The third-order valence-corrected chi connectivity index (χ3v) is 3.15. The monoisotopic (exact) mass is 221 g/mol. The molecule has 4 N–H and O–H groups in total. The minimum Gasteiger partial charge on any atom is -0.311 e. The number of nitrogens with two attached hydrogens (primary N) is 1. The predicted molar refractivity (Wildman–Crippen MR) is 58.4 cm³/mol. The Morgan fingerprint density at radius 1 is 1.07 bits per heavy atom. The van der Waals surface area contributed by atoms with Gasteiger partial charge in [-0.3, -0.25) is 4.84 Å².